The fourth-order valence-electron chi connectivity index (χ4n) is 2.21. The van der Waals surface area contributed by atoms with Crippen molar-refractivity contribution in [1.82, 2.24) is 0 Å². The van der Waals surface area contributed by atoms with E-state index in [4.69, 9.17) is 10.2 Å². The summed E-state index contributed by atoms with van der Waals surface area (Å²) < 4.78 is 0. The molecule has 4 nitrogen and oxygen atoms in total. The van der Waals surface area contributed by atoms with Crippen LogP contribution in [0, 0.1) is 0 Å². The van der Waals surface area contributed by atoms with Crippen molar-refractivity contribution in [2.75, 3.05) is 0 Å². The lowest BCUT2D eigenvalue weighted by Gasteiger charge is -2.00. The molecule has 0 aromatic carbocycles. The molecule has 0 aliphatic rings. The number of allylic oxidation sites excluding steroid dienone is 6. The van der Waals surface area contributed by atoms with Gasteiger partial charge in [-0.05, 0) is 18.9 Å². The first-order valence-corrected chi connectivity index (χ1v) is 8.95. The van der Waals surface area contributed by atoms with Gasteiger partial charge in [-0.3, -0.25) is 0 Å². The lowest BCUT2D eigenvalue weighted by Crippen LogP contribution is -2.02. The standard InChI is InChI=1S/C20H32O4/c1-2-3-4-5-6-7-8-9-10-11-12-13-14-15-16-17-18(21)19(22)20(23)24/h12-17,21-22H,2-11H2,1H3,(H,23,24). The van der Waals surface area contributed by atoms with Crippen LogP contribution in [0.25, 0.3) is 0 Å². The number of unbranched alkanes of at least 4 members (excludes halogenated alkanes) is 9. The van der Waals surface area contributed by atoms with Crippen LogP contribution in [0.1, 0.15) is 71.1 Å². The highest BCUT2D eigenvalue weighted by Gasteiger charge is 2.08. The summed E-state index contributed by atoms with van der Waals surface area (Å²) in [5.74, 6) is -3.27. The number of carboxylic acids is 1. The maximum Gasteiger partial charge on any atom is 0.374 e. The predicted molar refractivity (Wildman–Crippen MR) is 99.2 cm³/mol. The van der Waals surface area contributed by atoms with E-state index in [9.17, 15) is 9.90 Å². The number of rotatable bonds is 14. The van der Waals surface area contributed by atoms with Crippen LogP contribution in [0.4, 0.5) is 0 Å². The summed E-state index contributed by atoms with van der Waals surface area (Å²) in [7, 11) is 0. The predicted octanol–water partition coefficient (Wildman–Crippen LogP) is 5.99. The smallest absolute Gasteiger partial charge is 0.374 e. The minimum Gasteiger partial charge on any atom is -0.504 e. The molecule has 24 heavy (non-hydrogen) atoms. The molecular weight excluding hydrogens is 304 g/mol. The van der Waals surface area contributed by atoms with E-state index in [1.54, 1.807) is 12.2 Å². The van der Waals surface area contributed by atoms with Crippen molar-refractivity contribution in [3.05, 3.63) is 48.0 Å². The summed E-state index contributed by atoms with van der Waals surface area (Å²) in [6.45, 7) is 2.24. The van der Waals surface area contributed by atoms with E-state index in [0.29, 0.717) is 0 Å². The minimum atomic E-state index is -1.55. The van der Waals surface area contributed by atoms with Gasteiger partial charge in [-0.25, -0.2) is 4.79 Å². The Morgan fingerprint density at radius 2 is 1.29 bits per heavy atom. The molecule has 0 heterocycles. The van der Waals surface area contributed by atoms with Crippen molar-refractivity contribution < 1.29 is 20.1 Å². The number of carboxylic acid groups (broad SMARTS) is 1. The second-order valence-corrected chi connectivity index (χ2v) is 5.83. The van der Waals surface area contributed by atoms with Crippen LogP contribution in [0.3, 0.4) is 0 Å². The Kier molecular flexibility index (Phi) is 14.6. The topological polar surface area (TPSA) is 77.8 Å². The summed E-state index contributed by atoms with van der Waals surface area (Å²) in [6, 6.07) is 0. The van der Waals surface area contributed by atoms with Crippen LogP contribution in [-0.2, 0) is 4.79 Å². The number of hydrogen-bond acceptors (Lipinski definition) is 3. The van der Waals surface area contributed by atoms with E-state index in [2.05, 4.69) is 13.0 Å². The lowest BCUT2D eigenvalue weighted by molar-refractivity contribution is -0.135. The van der Waals surface area contributed by atoms with E-state index < -0.39 is 17.5 Å². The largest absolute Gasteiger partial charge is 0.504 e. The van der Waals surface area contributed by atoms with E-state index >= 15 is 0 Å². The van der Waals surface area contributed by atoms with Crippen LogP contribution < -0.4 is 0 Å². The van der Waals surface area contributed by atoms with Crippen LogP contribution >= 0.6 is 0 Å². The van der Waals surface area contributed by atoms with Crippen molar-refractivity contribution in [3.63, 3.8) is 0 Å². The summed E-state index contributed by atoms with van der Waals surface area (Å²) in [4.78, 5) is 10.4. The highest BCUT2D eigenvalue weighted by molar-refractivity contribution is 5.84. The first-order chi connectivity index (χ1) is 11.6. The molecular formula is C20H32O4. The second-order valence-electron chi connectivity index (χ2n) is 5.83. The molecule has 0 saturated heterocycles. The molecule has 0 radical (unpaired) electrons. The molecule has 0 rings (SSSR count). The maximum atomic E-state index is 10.4. The quantitative estimate of drug-likeness (QED) is 0.158. The number of aliphatic carboxylic acids is 1. The van der Waals surface area contributed by atoms with Gasteiger partial charge in [0.15, 0.2) is 5.76 Å². The third-order valence-corrected chi connectivity index (χ3v) is 3.64. The molecule has 0 amide bonds. The van der Waals surface area contributed by atoms with Crippen molar-refractivity contribution in [1.29, 1.82) is 0 Å². The normalized spacial score (nSPS) is 13.2. The third kappa shape index (κ3) is 13.7. The number of aliphatic hydroxyl groups is 2. The van der Waals surface area contributed by atoms with E-state index in [0.717, 1.165) is 12.5 Å². The molecule has 4 heteroatoms. The van der Waals surface area contributed by atoms with Crippen LogP contribution in [0.15, 0.2) is 48.0 Å². The number of aliphatic hydroxyl groups excluding tert-OH is 2. The average molecular weight is 336 g/mol. The molecule has 0 spiro atoms. The van der Waals surface area contributed by atoms with Crippen LogP contribution in [0.5, 0.6) is 0 Å². The van der Waals surface area contributed by atoms with Gasteiger partial charge in [0.2, 0.25) is 5.76 Å². The van der Waals surface area contributed by atoms with Gasteiger partial charge in [0, 0.05) is 0 Å². The Bertz CT molecular complexity index is 445. The minimum absolute atomic E-state index is 0.661. The summed E-state index contributed by atoms with van der Waals surface area (Å²) in [5, 5.41) is 26.6. The van der Waals surface area contributed by atoms with Crippen molar-refractivity contribution in [2.45, 2.75) is 71.1 Å². The van der Waals surface area contributed by atoms with Gasteiger partial charge in [0.1, 0.15) is 0 Å². The summed E-state index contributed by atoms with van der Waals surface area (Å²) in [5.41, 5.74) is 0. The Labute approximate surface area is 145 Å². The molecule has 0 atom stereocenters. The highest BCUT2D eigenvalue weighted by Crippen LogP contribution is 2.10. The SMILES string of the molecule is CCCCCCCCCCCC=CC=CC=CC(O)=C(O)C(=O)O. The highest BCUT2D eigenvalue weighted by atomic mass is 16.4. The van der Waals surface area contributed by atoms with Gasteiger partial charge < -0.3 is 15.3 Å². The molecule has 0 aromatic heterocycles. The van der Waals surface area contributed by atoms with E-state index in [1.165, 1.54) is 63.9 Å². The molecule has 0 fully saturated rings. The zero-order chi connectivity index (χ0) is 18.0. The van der Waals surface area contributed by atoms with Crippen molar-refractivity contribution >= 4 is 5.97 Å². The Morgan fingerprint density at radius 1 is 0.750 bits per heavy atom. The third-order valence-electron chi connectivity index (χ3n) is 3.64. The van der Waals surface area contributed by atoms with E-state index in [-0.39, 0.29) is 0 Å². The maximum absolute atomic E-state index is 10.4. The van der Waals surface area contributed by atoms with Crippen molar-refractivity contribution in [3.8, 4) is 0 Å². The summed E-state index contributed by atoms with van der Waals surface area (Å²) in [6.07, 6.45) is 23.1. The first kappa shape index (κ1) is 22.0. The molecule has 0 aliphatic heterocycles. The number of hydrogen-bond donors (Lipinski definition) is 3. The first-order valence-electron chi connectivity index (χ1n) is 8.95. The van der Waals surface area contributed by atoms with Gasteiger partial charge in [0.25, 0.3) is 0 Å². The monoisotopic (exact) mass is 336 g/mol. The van der Waals surface area contributed by atoms with Crippen LogP contribution in [0.2, 0.25) is 0 Å². The van der Waals surface area contributed by atoms with Gasteiger partial charge in [0.05, 0.1) is 0 Å². The molecule has 0 aromatic rings. The van der Waals surface area contributed by atoms with Crippen molar-refractivity contribution in [2.24, 2.45) is 0 Å². The zero-order valence-corrected chi connectivity index (χ0v) is 14.8. The molecule has 0 saturated carbocycles. The van der Waals surface area contributed by atoms with Gasteiger partial charge in [-0.1, -0.05) is 88.7 Å². The zero-order valence-electron chi connectivity index (χ0n) is 14.8. The van der Waals surface area contributed by atoms with Gasteiger partial charge >= 0.3 is 5.97 Å². The Morgan fingerprint density at radius 3 is 1.88 bits per heavy atom. The molecule has 0 unspecified atom stereocenters. The molecule has 3 N–H and O–H groups in total. The Hall–Kier alpha value is -1.97. The number of carbonyl (C=O) groups is 1. The van der Waals surface area contributed by atoms with Gasteiger partial charge in [-0.2, -0.15) is 0 Å². The van der Waals surface area contributed by atoms with E-state index in [1.807, 2.05) is 6.08 Å². The fourth-order valence-corrected chi connectivity index (χ4v) is 2.21. The molecule has 136 valence electrons. The second kappa shape index (κ2) is 15.9. The van der Waals surface area contributed by atoms with Gasteiger partial charge in [-0.15, -0.1) is 0 Å². The fraction of sp³-hybridized carbons (Fsp3) is 0.550. The molecule has 0 aliphatic carbocycles. The lowest BCUT2D eigenvalue weighted by atomic mass is 10.1. The average Bonchev–Trinajstić information content (AvgIpc) is 2.57. The Balaban J connectivity index is 3.62. The summed E-state index contributed by atoms with van der Waals surface area (Å²) >= 11 is 0. The molecule has 0 bridgehead atoms. The van der Waals surface area contributed by atoms with Crippen LogP contribution in [-0.4, -0.2) is 21.3 Å².